The van der Waals surface area contributed by atoms with Crippen molar-refractivity contribution in [3.63, 3.8) is 0 Å². The maximum atomic E-state index is 13.0. The van der Waals surface area contributed by atoms with E-state index in [-0.39, 0.29) is 23.5 Å². The summed E-state index contributed by atoms with van der Waals surface area (Å²) >= 11 is 0. The molecule has 1 aromatic heterocycles. The number of rotatable bonds is 3. The molecule has 9 heteroatoms. The number of benzene rings is 2. The van der Waals surface area contributed by atoms with Crippen LogP contribution in [-0.2, 0) is 21.1 Å². The van der Waals surface area contributed by atoms with Crippen molar-refractivity contribution in [3.8, 4) is 0 Å². The van der Waals surface area contributed by atoms with Gasteiger partial charge in [-0.25, -0.2) is 8.42 Å². The zero-order valence-electron chi connectivity index (χ0n) is 16.8. The molecule has 2 aromatic carbocycles. The quantitative estimate of drug-likeness (QED) is 0.652. The lowest BCUT2D eigenvalue weighted by atomic mass is 9.96. The van der Waals surface area contributed by atoms with Crippen LogP contribution in [0.25, 0.3) is 10.9 Å². The number of piperidine rings is 1. The Labute approximate surface area is 179 Å². The lowest BCUT2D eigenvalue weighted by molar-refractivity contribution is -0.121. The number of hydrogen-bond donors (Lipinski definition) is 2. The number of hydrogen-bond acceptors (Lipinski definition) is 5. The second-order valence-corrected chi connectivity index (χ2v) is 10.2. The van der Waals surface area contributed by atoms with Crippen molar-refractivity contribution in [2.75, 3.05) is 24.2 Å². The Hall–Kier alpha value is -3.20. The maximum Gasteiger partial charge on any atom is 0.253 e. The van der Waals surface area contributed by atoms with Crippen LogP contribution >= 0.6 is 0 Å². The van der Waals surface area contributed by atoms with Crippen LogP contribution in [0.2, 0.25) is 0 Å². The van der Waals surface area contributed by atoms with Crippen molar-refractivity contribution in [1.82, 2.24) is 15.1 Å². The standard InChI is InChI=1S/C22H22N4O4S/c27-21(24-18-5-3-14-7-9-31(29,30)20(14)11-18)16-2-1-8-26(13-16)22(28)15-4-6-19-17(10-15)12-23-25-19/h3-6,10-12,16H,1-2,7-9,13H2,(H,23,25)(H,24,27). The molecule has 2 N–H and O–H groups in total. The predicted octanol–water partition coefficient (Wildman–Crippen LogP) is 2.38. The highest BCUT2D eigenvalue weighted by atomic mass is 32.2. The number of amides is 2. The molecule has 0 spiro atoms. The Bertz CT molecular complexity index is 1300. The van der Waals surface area contributed by atoms with E-state index in [1.54, 1.807) is 41.4 Å². The van der Waals surface area contributed by atoms with Gasteiger partial charge in [0.2, 0.25) is 5.91 Å². The summed E-state index contributed by atoms with van der Waals surface area (Å²) in [5.41, 5.74) is 2.70. The molecule has 160 valence electrons. The highest BCUT2D eigenvalue weighted by Crippen LogP contribution is 2.29. The fourth-order valence-corrected chi connectivity index (χ4v) is 5.95. The summed E-state index contributed by atoms with van der Waals surface area (Å²) in [7, 11) is -3.26. The van der Waals surface area contributed by atoms with Gasteiger partial charge in [-0.05, 0) is 55.2 Å². The van der Waals surface area contributed by atoms with E-state index < -0.39 is 9.84 Å². The summed E-state index contributed by atoms with van der Waals surface area (Å²) < 4.78 is 24.3. The first-order valence-electron chi connectivity index (χ1n) is 10.3. The van der Waals surface area contributed by atoms with Gasteiger partial charge in [0.05, 0.1) is 28.3 Å². The normalized spacial score (nSPS) is 19.9. The van der Waals surface area contributed by atoms with Crippen LogP contribution in [0.5, 0.6) is 0 Å². The third kappa shape index (κ3) is 3.69. The van der Waals surface area contributed by atoms with E-state index in [2.05, 4.69) is 15.5 Å². The summed E-state index contributed by atoms with van der Waals surface area (Å²) in [5, 5.41) is 10.6. The minimum absolute atomic E-state index is 0.107. The number of nitrogens with zero attached hydrogens (tertiary/aromatic N) is 2. The molecule has 0 bridgehead atoms. The number of fused-ring (bicyclic) bond motifs is 2. The molecule has 1 atom stereocenters. The minimum Gasteiger partial charge on any atom is -0.338 e. The van der Waals surface area contributed by atoms with Crippen LogP contribution < -0.4 is 5.32 Å². The van der Waals surface area contributed by atoms with E-state index in [1.807, 2.05) is 6.07 Å². The fraction of sp³-hybridized carbons (Fsp3) is 0.318. The number of carbonyl (C=O) groups is 2. The predicted molar refractivity (Wildman–Crippen MR) is 116 cm³/mol. The minimum atomic E-state index is -3.26. The average Bonchev–Trinajstić information content (AvgIpc) is 3.37. The number of anilines is 1. The largest absolute Gasteiger partial charge is 0.338 e. The Morgan fingerprint density at radius 2 is 2.03 bits per heavy atom. The molecule has 5 rings (SSSR count). The average molecular weight is 439 g/mol. The summed E-state index contributed by atoms with van der Waals surface area (Å²) in [6.07, 6.45) is 3.60. The van der Waals surface area contributed by atoms with Crippen molar-refractivity contribution < 1.29 is 18.0 Å². The first-order valence-corrected chi connectivity index (χ1v) is 11.9. The molecule has 31 heavy (non-hydrogen) atoms. The summed E-state index contributed by atoms with van der Waals surface area (Å²) in [4.78, 5) is 27.9. The molecule has 1 saturated heterocycles. The number of aromatic nitrogens is 2. The van der Waals surface area contributed by atoms with E-state index in [9.17, 15) is 18.0 Å². The highest BCUT2D eigenvalue weighted by molar-refractivity contribution is 7.91. The van der Waals surface area contributed by atoms with Gasteiger partial charge in [-0.3, -0.25) is 14.7 Å². The van der Waals surface area contributed by atoms with Gasteiger partial charge in [-0.15, -0.1) is 0 Å². The second kappa shape index (κ2) is 7.49. The van der Waals surface area contributed by atoms with Crippen molar-refractivity contribution in [1.29, 1.82) is 0 Å². The molecule has 1 unspecified atom stereocenters. The Morgan fingerprint density at radius 3 is 2.90 bits per heavy atom. The summed E-state index contributed by atoms with van der Waals surface area (Å²) in [6, 6.07) is 10.4. The summed E-state index contributed by atoms with van der Waals surface area (Å²) in [6.45, 7) is 0.931. The number of aromatic amines is 1. The number of likely N-dealkylation sites (tertiary alicyclic amines) is 1. The Balaban J connectivity index is 1.29. The van der Waals surface area contributed by atoms with Gasteiger partial charge < -0.3 is 10.2 Å². The molecule has 2 aliphatic rings. The molecule has 8 nitrogen and oxygen atoms in total. The maximum absolute atomic E-state index is 13.0. The number of nitrogens with one attached hydrogen (secondary N) is 2. The van der Waals surface area contributed by atoms with Crippen LogP contribution in [0.4, 0.5) is 5.69 Å². The van der Waals surface area contributed by atoms with Gasteiger partial charge in [0.15, 0.2) is 9.84 Å². The van der Waals surface area contributed by atoms with Crippen LogP contribution in [0, 0.1) is 5.92 Å². The van der Waals surface area contributed by atoms with Crippen LogP contribution in [-0.4, -0.2) is 54.2 Å². The van der Waals surface area contributed by atoms with E-state index in [0.29, 0.717) is 42.1 Å². The van der Waals surface area contributed by atoms with Crippen molar-refractivity contribution in [2.24, 2.45) is 5.92 Å². The lowest BCUT2D eigenvalue weighted by Gasteiger charge is -2.32. The third-order valence-electron chi connectivity index (χ3n) is 6.08. The SMILES string of the molecule is O=C(Nc1ccc2c(c1)S(=O)(=O)CC2)C1CCCN(C(=O)c2ccc3[nH]ncc3c2)C1. The molecule has 2 aliphatic heterocycles. The third-order valence-corrected chi connectivity index (χ3v) is 7.87. The first kappa shape index (κ1) is 19.7. The molecular weight excluding hydrogens is 416 g/mol. The van der Waals surface area contributed by atoms with Crippen LogP contribution in [0.1, 0.15) is 28.8 Å². The first-order chi connectivity index (χ1) is 14.9. The van der Waals surface area contributed by atoms with Gasteiger partial charge in [-0.2, -0.15) is 5.10 Å². The Morgan fingerprint density at radius 1 is 1.16 bits per heavy atom. The van der Waals surface area contributed by atoms with Crippen molar-refractivity contribution >= 4 is 38.2 Å². The van der Waals surface area contributed by atoms with E-state index >= 15 is 0 Å². The smallest absolute Gasteiger partial charge is 0.253 e. The van der Waals surface area contributed by atoms with Crippen LogP contribution in [0.15, 0.2) is 47.5 Å². The fourth-order valence-electron chi connectivity index (χ4n) is 4.36. The topological polar surface area (TPSA) is 112 Å². The number of aryl methyl sites for hydroxylation is 1. The molecule has 0 saturated carbocycles. The molecule has 2 amide bonds. The van der Waals surface area contributed by atoms with Gasteiger partial charge in [0, 0.05) is 29.7 Å². The lowest BCUT2D eigenvalue weighted by Crippen LogP contribution is -2.43. The zero-order chi connectivity index (χ0) is 21.6. The molecule has 3 heterocycles. The van der Waals surface area contributed by atoms with E-state index in [4.69, 9.17) is 0 Å². The summed E-state index contributed by atoms with van der Waals surface area (Å²) in [5.74, 6) is -0.535. The molecular formula is C22H22N4O4S. The van der Waals surface area contributed by atoms with Gasteiger partial charge >= 0.3 is 0 Å². The Kier molecular flexibility index (Phi) is 4.77. The monoisotopic (exact) mass is 438 g/mol. The molecule has 0 aliphatic carbocycles. The highest BCUT2D eigenvalue weighted by Gasteiger charge is 2.30. The van der Waals surface area contributed by atoms with Crippen molar-refractivity contribution in [2.45, 2.75) is 24.2 Å². The van der Waals surface area contributed by atoms with E-state index in [1.165, 1.54) is 0 Å². The molecule has 0 radical (unpaired) electrons. The number of H-pyrrole nitrogens is 1. The second-order valence-electron chi connectivity index (χ2n) is 8.14. The zero-order valence-corrected chi connectivity index (χ0v) is 17.6. The van der Waals surface area contributed by atoms with Gasteiger partial charge in [0.25, 0.3) is 5.91 Å². The van der Waals surface area contributed by atoms with E-state index in [0.717, 1.165) is 22.9 Å². The van der Waals surface area contributed by atoms with Crippen LogP contribution in [0.3, 0.4) is 0 Å². The van der Waals surface area contributed by atoms with Gasteiger partial charge in [-0.1, -0.05) is 6.07 Å². The van der Waals surface area contributed by atoms with Gasteiger partial charge in [0.1, 0.15) is 0 Å². The molecule has 1 fully saturated rings. The number of carbonyl (C=O) groups excluding carboxylic acids is 2. The number of sulfone groups is 1. The van der Waals surface area contributed by atoms with Crippen molar-refractivity contribution in [3.05, 3.63) is 53.7 Å². The molecule has 3 aromatic rings.